The van der Waals surface area contributed by atoms with Gasteiger partial charge in [0, 0.05) is 16.8 Å². The third-order valence-corrected chi connectivity index (χ3v) is 4.84. The summed E-state index contributed by atoms with van der Waals surface area (Å²) in [6.07, 6.45) is -4.14. The zero-order valence-electron chi connectivity index (χ0n) is 19.4. The molecule has 1 atom stereocenters. The van der Waals surface area contributed by atoms with Crippen LogP contribution in [0, 0.1) is 0 Å². The zero-order chi connectivity index (χ0) is 26.8. The summed E-state index contributed by atoms with van der Waals surface area (Å²) >= 11 is 11.7. The lowest BCUT2D eigenvalue weighted by molar-refractivity contribution is -0.137. The zero-order valence-corrected chi connectivity index (χ0v) is 21.0. The second-order valence-corrected chi connectivity index (χ2v) is 9.46. The van der Waals surface area contributed by atoms with Crippen LogP contribution in [0.5, 0.6) is 0 Å². The van der Waals surface area contributed by atoms with Gasteiger partial charge in [-0.2, -0.15) is 22.8 Å². The first-order valence-electron chi connectivity index (χ1n) is 10.4. The molecule has 3 aromatic rings. The van der Waals surface area contributed by atoms with Crippen molar-refractivity contribution >= 4 is 41.2 Å². The molecule has 0 aliphatic rings. The number of alkyl halides is 3. The molecule has 0 saturated carbocycles. The van der Waals surface area contributed by atoms with Crippen LogP contribution >= 0.6 is 23.2 Å². The van der Waals surface area contributed by atoms with E-state index in [1.54, 1.807) is 26.8 Å². The van der Waals surface area contributed by atoms with Crippen molar-refractivity contribution in [3.63, 3.8) is 0 Å². The Morgan fingerprint density at radius 2 is 1.78 bits per heavy atom. The molecule has 9 nitrogen and oxygen atoms in total. The van der Waals surface area contributed by atoms with Gasteiger partial charge >= 0.3 is 12.3 Å². The number of halogens is 5. The van der Waals surface area contributed by atoms with Crippen LogP contribution in [-0.4, -0.2) is 37.3 Å². The van der Waals surface area contributed by atoms with Crippen LogP contribution in [0.2, 0.25) is 10.0 Å². The van der Waals surface area contributed by atoms with Crippen molar-refractivity contribution in [1.29, 1.82) is 0 Å². The molecule has 2 N–H and O–H groups in total. The standard InChI is InChI=1S/C22H21Cl2F3N6O3/c1-11(29-18(34)12-7-13(22(25,26)27)9-15(24)8-12)17-30-19(31-20(35)36-21(2,3)4)32-33(17)16-6-5-14(23)10-28-16/h5-11H,1-4H3,(H,29,34)(H,31,32,35). The van der Waals surface area contributed by atoms with Gasteiger partial charge in [0.15, 0.2) is 11.6 Å². The molecule has 3 rings (SSSR count). The molecule has 36 heavy (non-hydrogen) atoms. The molecule has 192 valence electrons. The van der Waals surface area contributed by atoms with Gasteiger partial charge in [0.25, 0.3) is 11.9 Å². The summed E-state index contributed by atoms with van der Waals surface area (Å²) in [4.78, 5) is 33.4. The number of nitrogens with one attached hydrogen (secondary N) is 2. The fraction of sp³-hybridized carbons (Fsp3) is 0.318. The first-order valence-corrected chi connectivity index (χ1v) is 11.2. The summed E-state index contributed by atoms with van der Waals surface area (Å²) in [5.74, 6) is -0.625. The Hall–Kier alpha value is -3.38. The highest BCUT2D eigenvalue weighted by Crippen LogP contribution is 2.32. The van der Waals surface area contributed by atoms with Gasteiger partial charge in [0.05, 0.1) is 16.6 Å². The lowest BCUT2D eigenvalue weighted by atomic mass is 10.1. The number of amides is 2. The third kappa shape index (κ3) is 7.08. The first-order chi connectivity index (χ1) is 16.6. The summed E-state index contributed by atoms with van der Waals surface area (Å²) in [5.41, 5.74) is -2.14. The van der Waals surface area contributed by atoms with Crippen molar-refractivity contribution in [3.8, 4) is 5.82 Å². The van der Waals surface area contributed by atoms with Crippen LogP contribution in [-0.2, 0) is 10.9 Å². The number of carbonyl (C=O) groups is 2. The third-order valence-electron chi connectivity index (χ3n) is 4.40. The molecular weight excluding hydrogens is 524 g/mol. The van der Waals surface area contributed by atoms with Gasteiger partial charge < -0.3 is 10.1 Å². The molecule has 0 aliphatic carbocycles. The van der Waals surface area contributed by atoms with Crippen molar-refractivity contribution in [2.75, 3.05) is 5.32 Å². The highest BCUT2D eigenvalue weighted by Gasteiger charge is 2.32. The number of pyridine rings is 1. The number of rotatable bonds is 5. The van der Waals surface area contributed by atoms with Crippen LogP contribution < -0.4 is 10.6 Å². The molecule has 2 aromatic heterocycles. The maximum Gasteiger partial charge on any atom is 0.416 e. The van der Waals surface area contributed by atoms with E-state index >= 15 is 0 Å². The molecule has 0 aliphatic heterocycles. The molecular formula is C22H21Cl2F3N6O3. The second-order valence-electron chi connectivity index (χ2n) is 8.59. The monoisotopic (exact) mass is 544 g/mol. The minimum Gasteiger partial charge on any atom is -0.444 e. The van der Waals surface area contributed by atoms with E-state index in [4.69, 9.17) is 27.9 Å². The Bertz CT molecular complexity index is 1270. The molecule has 2 amide bonds. The number of anilines is 1. The summed E-state index contributed by atoms with van der Waals surface area (Å²) in [5, 5.41) is 9.27. The lowest BCUT2D eigenvalue weighted by Gasteiger charge is -2.18. The van der Waals surface area contributed by atoms with E-state index in [2.05, 4.69) is 25.7 Å². The summed E-state index contributed by atoms with van der Waals surface area (Å²) in [6, 6.07) is 4.70. The maximum atomic E-state index is 13.1. The minimum absolute atomic E-state index is 0.113. The van der Waals surface area contributed by atoms with E-state index in [9.17, 15) is 22.8 Å². The highest BCUT2D eigenvalue weighted by atomic mass is 35.5. The number of hydrogen-bond donors (Lipinski definition) is 2. The van der Waals surface area contributed by atoms with Crippen molar-refractivity contribution in [3.05, 3.63) is 63.5 Å². The number of benzene rings is 1. The Kier molecular flexibility index (Phi) is 7.79. The smallest absolute Gasteiger partial charge is 0.416 e. The molecule has 0 fully saturated rings. The van der Waals surface area contributed by atoms with Gasteiger partial charge in [-0.25, -0.2) is 9.78 Å². The van der Waals surface area contributed by atoms with Crippen molar-refractivity contribution in [2.45, 2.75) is 45.5 Å². The normalized spacial score (nSPS) is 12.7. The molecule has 0 bridgehead atoms. The van der Waals surface area contributed by atoms with E-state index in [1.165, 1.54) is 23.9 Å². The van der Waals surface area contributed by atoms with Crippen LogP contribution in [0.25, 0.3) is 5.82 Å². The molecule has 0 saturated heterocycles. The van der Waals surface area contributed by atoms with E-state index in [1.807, 2.05) is 0 Å². The molecule has 14 heteroatoms. The average Bonchev–Trinajstić information content (AvgIpc) is 3.15. The number of aromatic nitrogens is 4. The Labute approximate surface area is 214 Å². The quantitative estimate of drug-likeness (QED) is 0.418. The van der Waals surface area contributed by atoms with E-state index in [-0.39, 0.29) is 28.2 Å². The predicted octanol–water partition coefficient (Wildman–Crippen LogP) is 5.83. The van der Waals surface area contributed by atoms with E-state index in [0.29, 0.717) is 11.1 Å². The predicted molar refractivity (Wildman–Crippen MR) is 126 cm³/mol. The molecule has 0 radical (unpaired) electrons. The second kappa shape index (κ2) is 10.3. The number of nitrogens with zero attached hydrogens (tertiary/aromatic N) is 4. The number of carbonyl (C=O) groups excluding carboxylic acids is 2. The van der Waals surface area contributed by atoms with Crippen molar-refractivity contribution < 1.29 is 27.5 Å². The van der Waals surface area contributed by atoms with Crippen LogP contribution in [0.15, 0.2) is 36.5 Å². The first kappa shape index (κ1) is 27.2. The lowest BCUT2D eigenvalue weighted by Crippen LogP contribution is -2.29. The van der Waals surface area contributed by atoms with Gasteiger partial charge in [0.1, 0.15) is 5.60 Å². The fourth-order valence-electron chi connectivity index (χ4n) is 2.94. The van der Waals surface area contributed by atoms with Crippen LogP contribution in [0.1, 0.15) is 55.5 Å². The summed E-state index contributed by atoms with van der Waals surface area (Å²) in [6.45, 7) is 6.57. The molecule has 2 heterocycles. The van der Waals surface area contributed by atoms with Gasteiger partial charge in [-0.05, 0) is 58.0 Å². The van der Waals surface area contributed by atoms with Gasteiger partial charge in [-0.3, -0.25) is 10.1 Å². The van der Waals surface area contributed by atoms with Crippen molar-refractivity contribution in [2.24, 2.45) is 0 Å². The topological polar surface area (TPSA) is 111 Å². The van der Waals surface area contributed by atoms with E-state index in [0.717, 1.165) is 12.1 Å². The largest absolute Gasteiger partial charge is 0.444 e. The van der Waals surface area contributed by atoms with Gasteiger partial charge in [0.2, 0.25) is 0 Å². The average molecular weight is 545 g/mol. The van der Waals surface area contributed by atoms with Crippen molar-refractivity contribution in [1.82, 2.24) is 25.1 Å². The number of ether oxygens (including phenoxy) is 1. The number of hydrogen-bond acceptors (Lipinski definition) is 6. The summed E-state index contributed by atoms with van der Waals surface area (Å²) < 4.78 is 45.9. The Morgan fingerprint density at radius 1 is 1.08 bits per heavy atom. The SMILES string of the molecule is CC(NC(=O)c1cc(Cl)cc(C(F)(F)F)c1)c1nc(NC(=O)OC(C)(C)C)nn1-c1ccc(Cl)cn1. The molecule has 0 spiro atoms. The Morgan fingerprint density at radius 3 is 2.36 bits per heavy atom. The Balaban J connectivity index is 1.92. The summed E-state index contributed by atoms with van der Waals surface area (Å²) in [7, 11) is 0. The van der Waals surface area contributed by atoms with Crippen LogP contribution in [0.4, 0.5) is 23.9 Å². The highest BCUT2D eigenvalue weighted by molar-refractivity contribution is 6.31. The maximum absolute atomic E-state index is 13.1. The molecule has 1 aromatic carbocycles. The molecule has 1 unspecified atom stereocenters. The minimum atomic E-state index is -4.69. The van der Waals surface area contributed by atoms with Gasteiger partial charge in [-0.15, -0.1) is 5.10 Å². The van der Waals surface area contributed by atoms with E-state index < -0.39 is 35.4 Å². The van der Waals surface area contributed by atoms with Crippen LogP contribution in [0.3, 0.4) is 0 Å². The fourth-order valence-corrected chi connectivity index (χ4v) is 3.29. The van der Waals surface area contributed by atoms with Gasteiger partial charge in [-0.1, -0.05) is 23.2 Å².